The maximum Gasteiger partial charge on any atom is 0.251 e. The molecule has 0 aliphatic heterocycles. The average Bonchev–Trinajstić information content (AvgIpc) is 2.93. The summed E-state index contributed by atoms with van der Waals surface area (Å²) in [5, 5.41) is 5.83. The number of amides is 1. The van der Waals surface area contributed by atoms with E-state index in [1.165, 1.54) is 0 Å². The number of benzene rings is 1. The number of aromatic nitrogens is 2. The van der Waals surface area contributed by atoms with Crippen LogP contribution in [-0.4, -0.2) is 35.6 Å². The number of carbonyl (C=O) groups is 1. The van der Waals surface area contributed by atoms with Gasteiger partial charge in [-0.3, -0.25) is 4.79 Å². The Balaban J connectivity index is 1.92. The normalized spacial score (nSPS) is 10.4. The first-order valence-corrected chi connectivity index (χ1v) is 6.27. The third-order valence-electron chi connectivity index (χ3n) is 2.80. The number of rotatable bonds is 6. The fourth-order valence-corrected chi connectivity index (χ4v) is 1.76. The van der Waals surface area contributed by atoms with Gasteiger partial charge in [0.15, 0.2) is 0 Å². The van der Waals surface area contributed by atoms with E-state index in [4.69, 9.17) is 0 Å². The van der Waals surface area contributed by atoms with Crippen molar-refractivity contribution in [3.8, 4) is 0 Å². The van der Waals surface area contributed by atoms with E-state index >= 15 is 0 Å². The monoisotopic (exact) mass is 258 g/mol. The van der Waals surface area contributed by atoms with Crippen molar-refractivity contribution in [3.63, 3.8) is 0 Å². The van der Waals surface area contributed by atoms with Gasteiger partial charge in [-0.15, -0.1) is 0 Å². The summed E-state index contributed by atoms with van der Waals surface area (Å²) in [5.41, 5.74) is 1.83. The first-order chi connectivity index (χ1) is 9.29. The predicted octanol–water partition coefficient (Wildman–Crippen LogP) is 0.881. The molecule has 2 N–H and O–H groups in total. The standard InChI is InChI=1S/C14H18N4O/c1-15-6-7-17-14(19)13-4-2-12(3-5-13)10-18-9-8-16-11-18/h2-5,8-9,11,15H,6-7,10H2,1H3,(H,17,19). The zero-order chi connectivity index (χ0) is 13.5. The van der Waals surface area contributed by atoms with Gasteiger partial charge in [0.25, 0.3) is 5.91 Å². The van der Waals surface area contributed by atoms with E-state index in [0.717, 1.165) is 18.7 Å². The Morgan fingerprint density at radius 1 is 1.26 bits per heavy atom. The maximum atomic E-state index is 11.8. The summed E-state index contributed by atoms with van der Waals surface area (Å²) in [6.45, 7) is 2.16. The molecular formula is C14H18N4O. The van der Waals surface area contributed by atoms with Crippen LogP contribution in [0.5, 0.6) is 0 Å². The van der Waals surface area contributed by atoms with E-state index in [2.05, 4.69) is 15.6 Å². The summed E-state index contributed by atoms with van der Waals surface area (Å²) in [5.74, 6) is -0.0376. The van der Waals surface area contributed by atoms with Crippen molar-refractivity contribution in [2.24, 2.45) is 0 Å². The van der Waals surface area contributed by atoms with Gasteiger partial charge in [-0.2, -0.15) is 0 Å². The molecule has 5 nitrogen and oxygen atoms in total. The number of imidazole rings is 1. The Labute approximate surface area is 112 Å². The average molecular weight is 258 g/mol. The summed E-state index contributed by atoms with van der Waals surface area (Å²) in [7, 11) is 1.86. The molecule has 2 aromatic rings. The molecule has 1 aromatic heterocycles. The number of hydrogen-bond acceptors (Lipinski definition) is 3. The molecule has 0 aliphatic carbocycles. The van der Waals surface area contributed by atoms with Crippen molar-refractivity contribution in [3.05, 3.63) is 54.1 Å². The molecule has 0 spiro atoms. The lowest BCUT2D eigenvalue weighted by molar-refractivity contribution is 0.0954. The molecule has 0 fully saturated rings. The van der Waals surface area contributed by atoms with Crippen molar-refractivity contribution in [1.82, 2.24) is 20.2 Å². The smallest absolute Gasteiger partial charge is 0.251 e. The zero-order valence-corrected chi connectivity index (χ0v) is 11.0. The molecule has 1 heterocycles. The highest BCUT2D eigenvalue weighted by Gasteiger charge is 2.04. The van der Waals surface area contributed by atoms with Crippen molar-refractivity contribution >= 4 is 5.91 Å². The first kappa shape index (κ1) is 13.3. The summed E-state index contributed by atoms with van der Waals surface area (Å²) < 4.78 is 1.99. The van der Waals surface area contributed by atoms with Gasteiger partial charge in [0, 0.05) is 37.6 Å². The van der Waals surface area contributed by atoms with Gasteiger partial charge in [-0.25, -0.2) is 4.98 Å². The van der Waals surface area contributed by atoms with E-state index < -0.39 is 0 Å². The van der Waals surface area contributed by atoms with Crippen LogP contribution >= 0.6 is 0 Å². The summed E-state index contributed by atoms with van der Waals surface area (Å²) in [6, 6.07) is 7.63. The minimum atomic E-state index is -0.0376. The van der Waals surface area contributed by atoms with Crippen LogP contribution in [-0.2, 0) is 6.54 Å². The van der Waals surface area contributed by atoms with Gasteiger partial charge >= 0.3 is 0 Å². The fraction of sp³-hybridized carbons (Fsp3) is 0.286. The van der Waals surface area contributed by atoms with Gasteiger partial charge in [0.05, 0.1) is 6.33 Å². The van der Waals surface area contributed by atoms with Crippen LogP contribution in [0.1, 0.15) is 15.9 Å². The van der Waals surface area contributed by atoms with Gasteiger partial charge in [0.2, 0.25) is 0 Å². The van der Waals surface area contributed by atoms with Crippen LogP contribution in [0.4, 0.5) is 0 Å². The number of nitrogens with zero attached hydrogens (tertiary/aromatic N) is 2. The molecule has 100 valence electrons. The Kier molecular flexibility index (Phi) is 4.69. The largest absolute Gasteiger partial charge is 0.351 e. The first-order valence-electron chi connectivity index (χ1n) is 6.27. The molecule has 19 heavy (non-hydrogen) atoms. The number of nitrogens with one attached hydrogen (secondary N) is 2. The molecule has 5 heteroatoms. The SMILES string of the molecule is CNCCNC(=O)c1ccc(Cn2ccnc2)cc1. The van der Waals surface area contributed by atoms with Gasteiger partial charge in [-0.1, -0.05) is 12.1 Å². The highest BCUT2D eigenvalue weighted by molar-refractivity contribution is 5.94. The summed E-state index contributed by atoms with van der Waals surface area (Å²) >= 11 is 0. The van der Waals surface area contributed by atoms with Crippen LogP contribution in [0.25, 0.3) is 0 Å². The van der Waals surface area contributed by atoms with Crippen LogP contribution < -0.4 is 10.6 Å². The summed E-state index contributed by atoms with van der Waals surface area (Å²) in [4.78, 5) is 15.8. The van der Waals surface area contributed by atoms with E-state index in [1.807, 2.05) is 42.1 Å². The lowest BCUT2D eigenvalue weighted by Gasteiger charge is -2.06. The van der Waals surface area contributed by atoms with E-state index in [0.29, 0.717) is 12.1 Å². The Morgan fingerprint density at radius 3 is 2.68 bits per heavy atom. The second kappa shape index (κ2) is 6.70. The Morgan fingerprint density at radius 2 is 2.05 bits per heavy atom. The molecule has 0 unspecified atom stereocenters. The van der Waals surface area contributed by atoms with Gasteiger partial charge in [0.1, 0.15) is 0 Å². The molecule has 0 saturated heterocycles. The third-order valence-corrected chi connectivity index (χ3v) is 2.80. The van der Waals surface area contributed by atoms with Crippen molar-refractivity contribution < 1.29 is 4.79 Å². The van der Waals surface area contributed by atoms with Gasteiger partial charge in [-0.05, 0) is 24.7 Å². The van der Waals surface area contributed by atoms with Crippen molar-refractivity contribution in [2.75, 3.05) is 20.1 Å². The topological polar surface area (TPSA) is 58.9 Å². The molecule has 0 atom stereocenters. The summed E-state index contributed by atoms with van der Waals surface area (Å²) in [6.07, 6.45) is 5.44. The minimum Gasteiger partial charge on any atom is -0.351 e. The highest BCUT2D eigenvalue weighted by atomic mass is 16.1. The third kappa shape index (κ3) is 3.93. The predicted molar refractivity (Wildman–Crippen MR) is 74.0 cm³/mol. The number of carbonyl (C=O) groups excluding carboxylic acids is 1. The maximum absolute atomic E-state index is 11.8. The van der Waals surface area contributed by atoms with Crippen LogP contribution in [0, 0.1) is 0 Å². The highest BCUT2D eigenvalue weighted by Crippen LogP contribution is 2.06. The Hall–Kier alpha value is -2.14. The van der Waals surface area contributed by atoms with E-state index in [1.54, 1.807) is 12.5 Å². The second-order valence-corrected chi connectivity index (χ2v) is 4.29. The fourth-order valence-electron chi connectivity index (χ4n) is 1.76. The van der Waals surface area contributed by atoms with Gasteiger partial charge < -0.3 is 15.2 Å². The van der Waals surface area contributed by atoms with E-state index in [9.17, 15) is 4.79 Å². The molecular weight excluding hydrogens is 240 g/mol. The quantitative estimate of drug-likeness (QED) is 0.756. The second-order valence-electron chi connectivity index (χ2n) is 4.29. The van der Waals surface area contributed by atoms with Crippen LogP contribution in [0.2, 0.25) is 0 Å². The molecule has 0 bridgehead atoms. The molecule has 1 aromatic carbocycles. The number of hydrogen-bond donors (Lipinski definition) is 2. The minimum absolute atomic E-state index is 0.0376. The molecule has 0 radical (unpaired) electrons. The lowest BCUT2D eigenvalue weighted by Crippen LogP contribution is -2.30. The molecule has 0 saturated carbocycles. The van der Waals surface area contributed by atoms with Crippen molar-refractivity contribution in [1.29, 1.82) is 0 Å². The van der Waals surface area contributed by atoms with Crippen LogP contribution in [0.15, 0.2) is 43.0 Å². The van der Waals surface area contributed by atoms with Crippen molar-refractivity contribution in [2.45, 2.75) is 6.54 Å². The molecule has 0 aliphatic rings. The van der Waals surface area contributed by atoms with Crippen LogP contribution in [0.3, 0.4) is 0 Å². The lowest BCUT2D eigenvalue weighted by atomic mass is 10.1. The molecule has 2 rings (SSSR count). The Bertz CT molecular complexity index is 505. The zero-order valence-electron chi connectivity index (χ0n) is 11.0. The number of likely N-dealkylation sites (N-methyl/N-ethyl adjacent to an activating group) is 1. The molecule has 1 amide bonds. The van der Waals surface area contributed by atoms with E-state index in [-0.39, 0.29) is 5.91 Å².